The minimum absolute atomic E-state index is 0.0392. The van der Waals surface area contributed by atoms with E-state index in [1.165, 1.54) is 0 Å². The molecular formula is C20H17Cl2N3O. The van der Waals surface area contributed by atoms with Crippen molar-refractivity contribution in [2.45, 2.75) is 25.9 Å². The van der Waals surface area contributed by atoms with Gasteiger partial charge in [0.15, 0.2) is 0 Å². The Morgan fingerprint density at radius 3 is 2.15 bits per heavy atom. The monoisotopic (exact) mass is 385 g/mol. The molecule has 2 heterocycles. The molecule has 3 aromatic rings. The van der Waals surface area contributed by atoms with Gasteiger partial charge in [-0.05, 0) is 43.7 Å². The van der Waals surface area contributed by atoms with Gasteiger partial charge < -0.3 is 4.90 Å². The number of hydrogen-bond donors (Lipinski definition) is 1. The van der Waals surface area contributed by atoms with E-state index < -0.39 is 0 Å². The zero-order valence-corrected chi connectivity index (χ0v) is 15.8. The Bertz CT molecular complexity index is 962. The molecule has 1 amide bonds. The van der Waals surface area contributed by atoms with Gasteiger partial charge in [-0.15, -0.1) is 0 Å². The van der Waals surface area contributed by atoms with E-state index in [-0.39, 0.29) is 18.0 Å². The first kappa shape index (κ1) is 17.1. The first-order valence-corrected chi connectivity index (χ1v) is 9.15. The van der Waals surface area contributed by atoms with E-state index in [1.807, 2.05) is 67.3 Å². The van der Waals surface area contributed by atoms with Crippen LogP contribution in [0.3, 0.4) is 0 Å². The van der Waals surface area contributed by atoms with Crippen LogP contribution in [0, 0.1) is 0 Å². The summed E-state index contributed by atoms with van der Waals surface area (Å²) in [5.74, 6) is -0.0392. The van der Waals surface area contributed by atoms with Crippen molar-refractivity contribution in [1.82, 2.24) is 15.1 Å². The van der Waals surface area contributed by atoms with Crippen molar-refractivity contribution < 1.29 is 4.79 Å². The minimum atomic E-state index is -0.209. The number of benzene rings is 2. The van der Waals surface area contributed by atoms with Gasteiger partial charge in [0.2, 0.25) is 0 Å². The maximum atomic E-state index is 13.0. The Morgan fingerprint density at radius 2 is 1.58 bits per heavy atom. The number of halogens is 2. The van der Waals surface area contributed by atoms with E-state index in [9.17, 15) is 4.79 Å². The second-order valence-corrected chi connectivity index (χ2v) is 7.50. The summed E-state index contributed by atoms with van der Waals surface area (Å²) in [4.78, 5) is 14.9. The fraction of sp³-hybridized carbons (Fsp3) is 0.200. The number of carbonyl (C=O) groups is 1. The summed E-state index contributed by atoms with van der Waals surface area (Å²) in [7, 11) is 0. The van der Waals surface area contributed by atoms with E-state index in [2.05, 4.69) is 10.2 Å². The number of rotatable bonds is 3. The van der Waals surface area contributed by atoms with E-state index in [0.717, 1.165) is 22.4 Å². The molecule has 1 atom stereocenters. The molecule has 0 bridgehead atoms. The Morgan fingerprint density at radius 1 is 1.00 bits per heavy atom. The fourth-order valence-corrected chi connectivity index (χ4v) is 3.75. The summed E-state index contributed by atoms with van der Waals surface area (Å²) in [6.07, 6.45) is 0. The lowest BCUT2D eigenvalue weighted by atomic mass is 9.95. The number of H-pyrrole nitrogens is 1. The van der Waals surface area contributed by atoms with Gasteiger partial charge in [-0.2, -0.15) is 5.10 Å². The minimum Gasteiger partial charge on any atom is -0.324 e. The van der Waals surface area contributed by atoms with Gasteiger partial charge in [0.1, 0.15) is 5.69 Å². The second kappa shape index (κ2) is 6.45. The number of fused-ring (bicyclic) bond motifs is 1. The molecule has 4 nitrogen and oxygen atoms in total. The van der Waals surface area contributed by atoms with Gasteiger partial charge in [0.05, 0.1) is 11.7 Å². The third kappa shape index (κ3) is 2.70. The lowest BCUT2D eigenvalue weighted by Gasteiger charge is -2.30. The molecule has 1 aliphatic heterocycles. The molecule has 0 fully saturated rings. The smallest absolute Gasteiger partial charge is 0.273 e. The normalized spacial score (nSPS) is 16.4. The average Bonchev–Trinajstić information content (AvgIpc) is 3.16. The highest BCUT2D eigenvalue weighted by Gasteiger charge is 2.43. The number of hydrogen-bond acceptors (Lipinski definition) is 2. The molecular weight excluding hydrogens is 369 g/mol. The number of aromatic amines is 1. The summed E-state index contributed by atoms with van der Waals surface area (Å²) < 4.78 is 0. The summed E-state index contributed by atoms with van der Waals surface area (Å²) in [6.45, 7) is 4.03. The van der Waals surface area contributed by atoms with Crippen LogP contribution in [0.1, 0.15) is 41.5 Å². The fourth-order valence-electron chi connectivity index (χ4n) is 3.50. The zero-order valence-electron chi connectivity index (χ0n) is 14.3. The highest BCUT2D eigenvalue weighted by atomic mass is 35.5. The van der Waals surface area contributed by atoms with E-state index >= 15 is 0 Å². The lowest BCUT2D eigenvalue weighted by Crippen LogP contribution is -2.35. The number of nitrogens with zero attached hydrogens (tertiary/aromatic N) is 2. The number of nitrogens with one attached hydrogen (secondary N) is 1. The Labute approximate surface area is 161 Å². The Kier molecular flexibility index (Phi) is 4.25. The molecule has 0 saturated carbocycles. The first-order chi connectivity index (χ1) is 12.5. The van der Waals surface area contributed by atoms with Gasteiger partial charge in [-0.3, -0.25) is 9.89 Å². The molecule has 2 aromatic carbocycles. The van der Waals surface area contributed by atoms with Gasteiger partial charge in [-0.25, -0.2) is 0 Å². The number of aromatic nitrogens is 2. The molecule has 1 aliphatic rings. The second-order valence-electron chi connectivity index (χ2n) is 6.63. The quantitative estimate of drug-likeness (QED) is 0.661. The Hall–Kier alpha value is -2.30. The van der Waals surface area contributed by atoms with Crippen LogP contribution in [0.4, 0.5) is 0 Å². The van der Waals surface area contributed by atoms with Gasteiger partial charge in [0, 0.05) is 27.2 Å². The highest BCUT2D eigenvalue weighted by Crippen LogP contribution is 2.43. The zero-order chi connectivity index (χ0) is 18.4. The summed E-state index contributed by atoms with van der Waals surface area (Å²) >= 11 is 12.1. The number of carbonyl (C=O) groups excluding carboxylic acids is 1. The van der Waals surface area contributed by atoms with Crippen LogP contribution in [-0.4, -0.2) is 27.0 Å². The van der Waals surface area contributed by atoms with Crippen LogP contribution >= 0.6 is 23.2 Å². The van der Waals surface area contributed by atoms with Crippen molar-refractivity contribution >= 4 is 29.1 Å². The molecule has 1 aromatic heterocycles. The third-order valence-corrected chi connectivity index (χ3v) is 5.17. The van der Waals surface area contributed by atoms with E-state index in [1.54, 1.807) is 0 Å². The molecule has 6 heteroatoms. The van der Waals surface area contributed by atoms with Crippen molar-refractivity contribution in [3.63, 3.8) is 0 Å². The predicted molar refractivity (Wildman–Crippen MR) is 104 cm³/mol. The van der Waals surface area contributed by atoms with Crippen LogP contribution in [-0.2, 0) is 0 Å². The van der Waals surface area contributed by atoms with Gasteiger partial charge in [-0.1, -0.05) is 47.5 Å². The maximum absolute atomic E-state index is 13.0. The molecule has 26 heavy (non-hydrogen) atoms. The van der Waals surface area contributed by atoms with E-state index in [4.69, 9.17) is 23.2 Å². The van der Waals surface area contributed by atoms with Gasteiger partial charge >= 0.3 is 0 Å². The first-order valence-electron chi connectivity index (χ1n) is 8.39. The third-order valence-electron chi connectivity index (χ3n) is 4.66. The molecule has 4 rings (SSSR count). The molecule has 0 spiro atoms. The molecule has 132 valence electrons. The van der Waals surface area contributed by atoms with Crippen molar-refractivity contribution in [3.05, 3.63) is 75.4 Å². The highest BCUT2D eigenvalue weighted by molar-refractivity contribution is 6.30. The molecule has 1 N–H and O–H groups in total. The van der Waals surface area contributed by atoms with Crippen LogP contribution in [0.15, 0.2) is 48.5 Å². The topological polar surface area (TPSA) is 49.0 Å². The van der Waals surface area contributed by atoms with E-state index in [0.29, 0.717) is 15.7 Å². The van der Waals surface area contributed by atoms with Crippen LogP contribution in [0.5, 0.6) is 0 Å². The van der Waals surface area contributed by atoms with Crippen LogP contribution < -0.4 is 0 Å². The van der Waals surface area contributed by atoms with Crippen LogP contribution in [0.25, 0.3) is 11.3 Å². The summed E-state index contributed by atoms with van der Waals surface area (Å²) in [5, 5.41) is 8.71. The Balaban J connectivity index is 1.90. The van der Waals surface area contributed by atoms with Gasteiger partial charge in [0.25, 0.3) is 5.91 Å². The largest absolute Gasteiger partial charge is 0.324 e. The lowest BCUT2D eigenvalue weighted by molar-refractivity contribution is 0.0688. The standard InChI is InChI=1S/C20H17Cl2N3O/c1-11(2)25-19(13-5-9-15(22)10-6-13)16-17(23-24-18(16)20(25)26)12-3-7-14(21)8-4-12/h3-11,19H,1-2H3,(H,23,24). The number of amides is 1. The van der Waals surface area contributed by atoms with Crippen molar-refractivity contribution in [3.8, 4) is 11.3 Å². The van der Waals surface area contributed by atoms with Crippen molar-refractivity contribution in [2.75, 3.05) is 0 Å². The maximum Gasteiger partial charge on any atom is 0.273 e. The average molecular weight is 386 g/mol. The molecule has 0 saturated heterocycles. The molecule has 0 aliphatic carbocycles. The molecule has 0 radical (unpaired) electrons. The van der Waals surface area contributed by atoms with Crippen LogP contribution in [0.2, 0.25) is 10.0 Å². The summed E-state index contributed by atoms with van der Waals surface area (Å²) in [6, 6.07) is 14.9. The predicted octanol–water partition coefficient (Wildman–Crippen LogP) is 5.34. The molecule has 1 unspecified atom stereocenters. The van der Waals surface area contributed by atoms with Crippen molar-refractivity contribution in [2.24, 2.45) is 0 Å². The SMILES string of the molecule is CC(C)N1C(=O)c2[nH]nc(-c3ccc(Cl)cc3)c2C1c1ccc(Cl)cc1. The summed E-state index contributed by atoms with van der Waals surface area (Å²) in [5.41, 5.74) is 4.14. The van der Waals surface area contributed by atoms with Crippen molar-refractivity contribution in [1.29, 1.82) is 0 Å².